The van der Waals surface area contributed by atoms with Crippen molar-refractivity contribution in [3.05, 3.63) is 0 Å². The van der Waals surface area contributed by atoms with Crippen LogP contribution in [0, 0.1) is 5.92 Å². The first-order valence-electron chi connectivity index (χ1n) is 6.29. The van der Waals surface area contributed by atoms with Crippen LogP contribution in [-0.2, 0) is 14.3 Å². The van der Waals surface area contributed by atoms with Crippen LogP contribution in [0.1, 0.15) is 20.3 Å². The molecule has 2 amide bonds. The van der Waals surface area contributed by atoms with Gasteiger partial charge in [0, 0.05) is 20.2 Å². The molecule has 0 bridgehead atoms. The van der Waals surface area contributed by atoms with Crippen LogP contribution >= 0.6 is 12.4 Å². The zero-order chi connectivity index (χ0) is 13.7. The third-order valence-electron chi connectivity index (χ3n) is 3.27. The van der Waals surface area contributed by atoms with Crippen molar-refractivity contribution in [2.75, 3.05) is 26.7 Å². The van der Waals surface area contributed by atoms with Gasteiger partial charge in [0.25, 0.3) is 0 Å². The Morgan fingerprint density at radius 1 is 1.47 bits per heavy atom. The van der Waals surface area contributed by atoms with Gasteiger partial charge in [0.2, 0.25) is 11.8 Å². The second-order valence-corrected chi connectivity index (χ2v) is 4.97. The molecule has 0 aromatic heterocycles. The average molecular weight is 294 g/mol. The molecule has 1 aliphatic heterocycles. The zero-order valence-electron chi connectivity index (χ0n) is 11.7. The van der Waals surface area contributed by atoms with Crippen LogP contribution in [-0.4, -0.2) is 55.6 Å². The van der Waals surface area contributed by atoms with Crippen molar-refractivity contribution < 1.29 is 14.3 Å². The molecule has 0 unspecified atom stereocenters. The summed E-state index contributed by atoms with van der Waals surface area (Å²) in [6.45, 7) is 5.03. The van der Waals surface area contributed by atoms with Gasteiger partial charge in [-0.2, -0.15) is 0 Å². The maximum Gasteiger partial charge on any atom is 0.242 e. The number of nitrogens with zero attached hydrogens (tertiary/aromatic N) is 1. The Bertz CT molecular complexity index is 313. The van der Waals surface area contributed by atoms with Gasteiger partial charge in [0.15, 0.2) is 0 Å². The molecular formula is C12H24ClN3O3. The molecule has 1 fully saturated rings. The molecule has 0 aromatic rings. The van der Waals surface area contributed by atoms with Gasteiger partial charge in [-0.25, -0.2) is 0 Å². The minimum absolute atomic E-state index is 0. The summed E-state index contributed by atoms with van der Waals surface area (Å²) in [6, 6.07) is -0.567. The lowest BCUT2D eigenvalue weighted by Gasteiger charge is -2.18. The van der Waals surface area contributed by atoms with Crippen molar-refractivity contribution in [1.82, 2.24) is 10.2 Å². The number of hydrogen-bond acceptors (Lipinski definition) is 4. The van der Waals surface area contributed by atoms with E-state index in [1.54, 1.807) is 12.0 Å². The summed E-state index contributed by atoms with van der Waals surface area (Å²) in [4.78, 5) is 25.1. The second kappa shape index (κ2) is 8.35. The average Bonchev–Trinajstić information content (AvgIpc) is 2.83. The number of amides is 2. The molecule has 2 atom stereocenters. The molecule has 1 heterocycles. The highest BCUT2D eigenvalue weighted by molar-refractivity contribution is 5.87. The Morgan fingerprint density at radius 2 is 2.11 bits per heavy atom. The number of ether oxygens (including phenoxy) is 1. The van der Waals surface area contributed by atoms with Crippen molar-refractivity contribution in [1.29, 1.82) is 0 Å². The summed E-state index contributed by atoms with van der Waals surface area (Å²) in [5.41, 5.74) is 5.69. The first kappa shape index (κ1) is 18.1. The van der Waals surface area contributed by atoms with Crippen molar-refractivity contribution in [2.24, 2.45) is 11.7 Å². The van der Waals surface area contributed by atoms with Crippen molar-refractivity contribution in [3.63, 3.8) is 0 Å². The van der Waals surface area contributed by atoms with E-state index in [1.165, 1.54) is 0 Å². The number of carbonyl (C=O) groups is 2. The predicted octanol–water partition coefficient (Wildman–Crippen LogP) is -0.245. The molecule has 1 saturated heterocycles. The number of methoxy groups -OCH3 is 1. The molecular weight excluding hydrogens is 270 g/mol. The SMILES string of the molecule is CO[C@H]1CCN(C(=O)CNC(=O)[C@@H](N)C(C)C)C1.Cl. The third-order valence-corrected chi connectivity index (χ3v) is 3.27. The second-order valence-electron chi connectivity index (χ2n) is 4.97. The molecule has 0 saturated carbocycles. The van der Waals surface area contributed by atoms with E-state index < -0.39 is 6.04 Å². The van der Waals surface area contributed by atoms with E-state index in [0.29, 0.717) is 13.1 Å². The van der Waals surface area contributed by atoms with Gasteiger partial charge in [0.1, 0.15) is 0 Å². The lowest BCUT2D eigenvalue weighted by atomic mass is 10.1. The highest BCUT2D eigenvalue weighted by Crippen LogP contribution is 2.11. The topological polar surface area (TPSA) is 84.7 Å². The van der Waals surface area contributed by atoms with Crippen LogP contribution in [0.25, 0.3) is 0 Å². The zero-order valence-corrected chi connectivity index (χ0v) is 12.5. The van der Waals surface area contributed by atoms with Crippen LogP contribution in [0.4, 0.5) is 0 Å². The van der Waals surface area contributed by atoms with E-state index in [9.17, 15) is 9.59 Å². The smallest absolute Gasteiger partial charge is 0.242 e. The Morgan fingerprint density at radius 3 is 2.58 bits per heavy atom. The third kappa shape index (κ3) is 5.34. The minimum atomic E-state index is -0.567. The maximum atomic E-state index is 11.8. The molecule has 6 nitrogen and oxygen atoms in total. The molecule has 0 spiro atoms. The molecule has 1 aliphatic rings. The minimum Gasteiger partial charge on any atom is -0.380 e. The Labute approximate surface area is 120 Å². The summed E-state index contributed by atoms with van der Waals surface area (Å²) >= 11 is 0. The first-order chi connectivity index (χ1) is 8.45. The molecule has 112 valence electrons. The number of nitrogens with one attached hydrogen (secondary N) is 1. The number of halogens is 1. The molecule has 1 rings (SSSR count). The summed E-state index contributed by atoms with van der Waals surface area (Å²) in [7, 11) is 1.64. The van der Waals surface area contributed by atoms with Crippen LogP contribution < -0.4 is 11.1 Å². The number of carbonyl (C=O) groups excluding carboxylic acids is 2. The fourth-order valence-corrected chi connectivity index (χ4v) is 1.84. The van der Waals surface area contributed by atoms with Crippen LogP contribution in [0.5, 0.6) is 0 Å². The van der Waals surface area contributed by atoms with E-state index in [4.69, 9.17) is 10.5 Å². The molecule has 3 N–H and O–H groups in total. The number of nitrogens with two attached hydrogens (primary N) is 1. The lowest BCUT2D eigenvalue weighted by molar-refractivity contribution is -0.132. The van der Waals surface area contributed by atoms with Gasteiger partial charge in [-0.05, 0) is 12.3 Å². The van der Waals surface area contributed by atoms with E-state index >= 15 is 0 Å². The van der Waals surface area contributed by atoms with Crippen molar-refractivity contribution in [2.45, 2.75) is 32.4 Å². The van der Waals surface area contributed by atoms with E-state index in [-0.39, 0.29) is 42.8 Å². The quantitative estimate of drug-likeness (QED) is 0.732. The summed E-state index contributed by atoms with van der Waals surface area (Å²) < 4.78 is 5.19. The molecule has 0 aliphatic carbocycles. The Balaban J connectivity index is 0.00000324. The maximum absolute atomic E-state index is 11.8. The predicted molar refractivity (Wildman–Crippen MR) is 75.1 cm³/mol. The van der Waals surface area contributed by atoms with Gasteiger partial charge in [0.05, 0.1) is 18.7 Å². The van der Waals surface area contributed by atoms with Gasteiger partial charge in [-0.15, -0.1) is 12.4 Å². The highest BCUT2D eigenvalue weighted by Gasteiger charge is 2.26. The van der Waals surface area contributed by atoms with Crippen LogP contribution in [0.15, 0.2) is 0 Å². The number of rotatable bonds is 5. The fraction of sp³-hybridized carbons (Fsp3) is 0.833. The van der Waals surface area contributed by atoms with Gasteiger partial charge in [-0.1, -0.05) is 13.8 Å². The normalized spacial score (nSPS) is 20.1. The van der Waals surface area contributed by atoms with Crippen molar-refractivity contribution in [3.8, 4) is 0 Å². The largest absolute Gasteiger partial charge is 0.380 e. The lowest BCUT2D eigenvalue weighted by Crippen LogP contribution is -2.47. The van der Waals surface area contributed by atoms with Gasteiger partial charge >= 0.3 is 0 Å². The highest BCUT2D eigenvalue weighted by atomic mass is 35.5. The molecule has 0 aromatic carbocycles. The Hall–Kier alpha value is -0.850. The van der Waals surface area contributed by atoms with E-state index in [0.717, 1.165) is 6.42 Å². The first-order valence-corrected chi connectivity index (χ1v) is 6.29. The summed E-state index contributed by atoms with van der Waals surface area (Å²) in [5.74, 6) is -0.301. The fourth-order valence-electron chi connectivity index (χ4n) is 1.84. The summed E-state index contributed by atoms with van der Waals surface area (Å²) in [6.07, 6.45) is 0.962. The monoisotopic (exact) mass is 293 g/mol. The number of hydrogen-bond donors (Lipinski definition) is 2. The van der Waals surface area contributed by atoms with Gasteiger partial charge < -0.3 is 20.7 Å². The Kier molecular flexibility index (Phi) is 7.97. The van der Waals surface area contributed by atoms with E-state index in [1.807, 2.05) is 13.8 Å². The molecule has 0 radical (unpaired) electrons. The molecule has 19 heavy (non-hydrogen) atoms. The molecule has 7 heteroatoms. The standard InChI is InChI=1S/C12H23N3O3.ClH/c1-8(2)11(13)12(17)14-6-10(16)15-5-4-9(7-15)18-3;/h8-9,11H,4-7,13H2,1-3H3,(H,14,17);1H/t9-,11-;/m0./s1. The van der Waals surface area contributed by atoms with E-state index in [2.05, 4.69) is 5.32 Å². The summed E-state index contributed by atoms with van der Waals surface area (Å²) in [5, 5.41) is 2.58. The van der Waals surface area contributed by atoms with Gasteiger partial charge in [-0.3, -0.25) is 9.59 Å². The van der Waals surface area contributed by atoms with Crippen molar-refractivity contribution >= 4 is 24.2 Å². The van der Waals surface area contributed by atoms with Crippen LogP contribution in [0.3, 0.4) is 0 Å². The number of likely N-dealkylation sites (tertiary alicyclic amines) is 1. The van der Waals surface area contributed by atoms with Crippen LogP contribution in [0.2, 0.25) is 0 Å².